The van der Waals surface area contributed by atoms with Crippen molar-refractivity contribution < 1.29 is 5.11 Å². The maximum atomic E-state index is 8.96. The third-order valence-corrected chi connectivity index (χ3v) is 5.35. The van der Waals surface area contributed by atoms with Crippen molar-refractivity contribution >= 4 is 11.6 Å². The highest BCUT2D eigenvalue weighted by atomic mass is 35.5. The molecule has 1 aromatic heterocycles. The molecule has 1 aliphatic rings. The van der Waals surface area contributed by atoms with Gasteiger partial charge in [0.05, 0.1) is 5.69 Å². The fourth-order valence-corrected chi connectivity index (χ4v) is 3.62. The van der Waals surface area contributed by atoms with Crippen molar-refractivity contribution in [2.45, 2.75) is 51.6 Å². The number of piperidine rings is 1. The molecular weight excluding hydrogens is 312 g/mol. The van der Waals surface area contributed by atoms with Crippen LogP contribution in [0.1, 0.15) is 50.3 Å². The van der Waals surface area contributed by atoms with Crippen molar-refractivity contribution in [1.29, 1.82) is 0 Å². The van der Waals surface area contributed by atoms with E-state index >= 15 is 0 Å². The van der Waals surface area contributed by atoms with Gasteiger partial charge in [0, 0.05) is 38.3 Å². The zero-order valence-electron chi connectivity index (χ0n) is 14.9. The zero-order valence-corrected chi connectivity index (χ0v) is 15.7. The Morgan fingerprint density at radius 3 is 2.57 bits per heavy atom. The molecule has 0 saturated carbocycles. The van der Waals surface area contributed by atoms with Gasteiger partial charge in [0.2, 0.25) is 0 Å². The molecule has 1 aromatic rings. The zero-order chi connectivity index (χ0) is 17.0. The van der Waals surface area contributed by atoms with Gasteiger partial charge in [0.15, 0.2) is 0 Å². The number of aliphatic hydroxyl groups excluding tert-OH is 1. The summed E-state index contributed by atoms with van der Waals surface area (Å²) in [4.78, 5) is 4.88. The second-order valence-electron chi connectivity index (χ2n) is 7.00. The predicted octanol–water partition coefficient (Wildman–Crippen LogP) is 2.48. The molecule has 1 aliphatic heterocycles. The molecule has 0 aromatic carbocycles. The molecular formula is C17H31ClN4O. The highest BCUT2D eigenvalue weighted by molar-refractivity contribution is 6.30. The quantitative estimate of drug-likeness (QED) is 0.826. The van der Waals surface area contributed by atoms with Crippen LogP contribution < -0.4 is 0 Å². The number of hydrogen-bond donors (Lipinski definition) is 1. The summed E-state index contributed by atoms with van der Waals surface area (Å²) in [6.45, 7) is 8.68. The monoisotopic (exact) mass is 342 g/mol. The van der Waals surface area contributed by atoms with Crippen molar-refractivity contribution in [3.63, 3.8) is 0 Å². The lowest BCUT2D eigenvalue weighted by atomic mass is 10.0. The summed E-state index contributed by atoms with van der Waals surface area (Å²) in [5.41, 5.74) is 2.32. The van der Waals surface area contributed by atoms with Crippen molar-refractivity contribution in [1.82, 2.24) is 19.6 Å². The van der Waals surface area contributed by atoms with E-state index in [9.17, 15) is 0 Å². The minimum atomic E-state index is 0.278. The molecule has 0 spiro atoms. The minimum Gasteiger partial charge on any atom is -0.396 e. The second-order valence-corrected chi connectivity index (χ2v) is 7.36. The molecule has 5 nitrogen and oxygen atoms in total. The number of likely N-dealkylation sites (tertiary alicyclic amines) is 1. The van der Waals surface area contributed by atoms with E-state index in [-0.39, 0.29) is 6.61 Å². The molecule has 2 rings (SSSR count). The first-order chi connectivity index (χ1) is 10.9. The van der Waals surface area contributed by atoms with Crippen molar-refractivity contribution in [3.8, 4) is 0 Å². The lowest BCUT2D eigenvalue weighted by Gasteiger charge is -2.36. The van der Waals surface area contributed by atoms with Crippen LogP contribution in [0.2, 0.25) is 5.15 Å². The topological polar surface area (TPSA) is 44.5 Å². The Morgan fingerprint density at radius 2 is 2.00 bits per heavy atom. The molecule has 1 N–H and O–H groups in total. The third kappa shape index (κ3) is 4.69. The molecule has 0 bridgehead atoms. The smallest absolute Gasteiger partial charge is 0.131 e. The van der Waals surface area contributed by atoms with Crippen molar-refractivity contribution in [2.75, 3.05) is 33.3 Å². The lowest BCUT2D eigenvalue weighted by Crippen LogP contribution is -2.43. The first-order valence-electron chi connectivity index (χ1n) is 8.68. The van der Waals surface area contributed by atoms with Crippen LogP contribution in [0.5, 0.6) is 0 Å². The Balaban J connectivity index is 1.92. The Morgan fingerprint density at radius 1 is 1.35 bits per heavy atom. The molecule has 2 heterocycles. The third-order valence-electron chi connectivity index (χ3n) is 4.88. The van der Waals surface area contributed by atoms with Crippen LogP contribution in [-0.2, 0) is 13.6 Å². The number of halogens is 1. The maximum absolute atomic E-state index is 8.96. The maximum Gasteiger partial charge on any atom is 0.131 e. The van der Waals surface area contributed by atoms with Gasteiger partial charge in [-0.1, -0.05) is 25.4 Å². The van der Waals surface area contributed by atoms with E-state index in [1.54, 1.807) is 4.68 Å². The SMILES string of the molecule is CC(C)c1nn(C)c(Cl)c1CN1CCC(N(C)CCCO)CC1. The van der Waals surface area contributed by atoms with E-state index in [1.807, 2.05) is 7.05 Å². The van der Waals surface area contributed by atoms with Gasteiger partial charge in [0.1, 0.15) is 5.15 Å². The first-order valence-corrected chi connectivity index (χ1v) is 9.06. The molecule has 1 fully saturated rings. The van der Waals surface area contributed by atoms with Crippen molar-refractivity contribution in [3.05, 3.63) is 16.4 Å². The summed E-state index contributed by atoms with van der Waals surface area (Å²) < 4.78 is 1.79. The molecule has 6 heteroatoms. The van der Waals surface area contributed by atoms with Gasteiger partial charge in [-0.15, -0.1) is 0 Å². The highest BCUT2D eigenvalue weighted by Crippen LogP contribution is 2.28. The summed E-state index contributed by atoms with van der Waals surface area (Å²) in [6, 6.07) is 0.631. The number of rotatable bonds is 7. The molecule has 0 unspecified atom stereocenters. The number of hydrogen-bond acceptors (Lipinski definition) is 4. The number of aromatic nitrogens is 2. The molecule has 1 saturated heterocycles. The van der Waals surface area contributed by atoms with Crippen LogP contribution in [0.4, 0.5) is 0 Å². The molecule has 0 atom stereocenters. The fourth-order valence-electron chi connectivity index (χ4n) is 3.42. The van der Waals surface area contributed by atoms with E-state index in [0.717, 1.165) is 43.4 Å². The van der Waals surface area contributed by atoms with Gasteiger partial charge >= 0.3 is 0 Å². The van der Waals surface area contributed by atoms with Gasteiger partial charge in [0.25, 0.3) is 0 Å². The Kier molecular flexibility index (Phi) is 6.89. The molecule has 132 valence electrons. The Hall–Kier alpha value is -0.620. The van der Waals surface area contributed by atoms with E-state index < -0.39 is 0 Å². The van der Waals surface area contributed by atoms with Gasteiger partial charge in [-0.2, -0.15) is 5.10 Å². The molecule has 0 aliphatic carbocycles. The van der Waals surface area contributed by atoms with Gasteiger partial charge < -0.3 is 10.0 Å². The minimum absolute atomic E-state index is 0.278. The lowest BCUT2D eigenvalue weighted by molar-refractivity contribution is 0.117. The summed E-state index contributed by atoms with van der Waals surface area (Å²) in [6.07, 6.45) is 3.22. The number of aliphatic hydroxyl groups is 1. The van der Waals surface area contributed by atoms with Crippen LogP contribution in [0.3, 0.4) is 0 Å². The fraction of sp³-hybridized carbons (Fsp3) is 0.824. The molecule has 0 amide bonds. The summed E-state index contributed by atoms with van der Waals surface area (Å²) in [5.74, 6) is 0.394. The second kappa shape index (κ2) is 8.47. The Labute approximate surface area is 145 Å². The normalized spacial score (nSPS) is 17.6. The average Bonchev–Trinajstić information content (AvgIpc) is 2.82. The average molecular weight is 343 g/mol. The largest absolute Gasteiger partial charge is 0.396 e. The van der Waals surface area contributed by atoms with Gasteiger partial charge in [-0.05, 0) is 45.3 Å². The standard InChI is InChI=1S/C17H31ClN4O/c1-13(2)16-15(17(18)21(4)19-16)12-22-9-6-14(7-10-22)20(3)8-5-11-23/h13-14,23H,5-12H2,1-4H3. The predicted molar refractivity (Wildman–Crippen MR) is 94.9 cm³/mol. The summed E-state index contributed by atoms with van der Waals surface area (Å²) >= 11 is 6.46. The molecule has 23 heavy (non-hydrogen) atoms. The van der Waals surface area contributed by atoms with Crippen LogP contribution in [0.25, 0.3) is 0 Å². The highest BCUT2D eigenvalue weighted by Gasteiger charge is 2.25. The number of nitrogens with zero attached hydrogens (tertiary/aromatic N) is 4. The van der Waals surface area contributed by atoms with E-state index in [1.165, 1.54) is 18.4 Å². The van der Waals surface area contributed by atoms with E-state index in [0.29, 0.717) is 12.0 Å². The van der Waals surface area contributed by atoms with Gasteiger partial charge in [-0.25, -0.2) is 0 Å². The van der Waals surface area contributed by atoms with E-state index in [4.69, 9.17) is 16.7 Å². The summed E-state index contributed by atoms with van der Waals surface area (Å²) in [7, 11) is 4.09. The van der Waals surface area contributed by atoms with E-state index in [2.05, 4.69) is 35.8 Å². The Bertz CT molecular complexity index is 495. The molecule has 0 radical (unpaired) electrons. The van der Waals surface area contributed by atoms with Crippen LogP contribution in [-0.4, -0.2) is 64.0 Å². The van der Waals surface area contributed by atoms with Crippen LogP contribution in [0, 0.1) is 0 Å². The first kappa shape index (κ1) is 18.7. The number of aryl methyl sites for hydroxylation is 1. The van der Waals surface area contributed by atoms with Crippen LogP contribution >= 0.6 is 11.6 Å². The van der Waals surface area contributed by atoms with Gasteiger partial charge in [-0.3, -0.25) is 9.58 Å². The van der Waals surface area contributed by atoms with Crippen LogP contribution in [0.15, 0.2) is 0 Å². The van der Waals surface area contributed by atoms with Crippen molar-refractivity contribution in [2.24, 2.45) is 7.05 Å². The summed E-state index contributed by atoms with van der Waals surface area (Å²) in [5, 5.41) is 14.3.